The molecule has 2 heterocycles. The summed E-state index contributed by atoms with van der Waals surface area (Å²) < 4.78 is 35.0. The molecule has 1 aliphatic heterocycles. The van der Waals surface area contributed by atoms with E-state index in [4.69, 9.17) is 4.74 Å². The Morgan fingerprint density at radius 3 is 2.84 bits per heavy atom. The van der Waals surface area contributed by atoms with Crippen molar-refractivity contribution in [2.45, 2.75) is 19.1 Å². The molecule has 0 radical (unpaired) electrons. The minimum atomic E-state index is -3.00. The van der Waals surface area contributed by atoms with Crippen LogP contribution in [0.4, 0.5) is 14.5 Å². The Balaban J connectivity index is 1.44. The van der Waals surface area contributed by atoms with Gasteiger partial charge in [-0.05, 0) is 17.7 Å². The van der Waals surface area contributed by atoms with Crippen LogP contribution in [0.15, 0.2) is 48.5 Å². The van der Waals surface area contributed by atoms with E-state index in [0.29, 0.717) is 18.0 Å². The summed E-state index contributed by atoms with van der Waals surface area (Å²) in [5, 5.41) is 9.20. The Morgan fingerprint density at radius 1 is 1.31 bits per heavy atom. The second kappa shape index (κ2) is 9.00. The zero-order valence-corrected chi connectivity index (χ0v) is 16.9. The van der Waals surface area contributed by atoms with E-state index in [1.165, 1.54) is 30.1 Å². The number of hydrogen-bond donors (Lipinski definition) is 2. The first-order valence-electron chi connectivity index (χ1n) is 9.66. The minimum absolute atomic E-state index is 0.110. The lowest BCUT2D eigenvalue weighted by molar-refractivity contribution is -0.120. The van der Waals surface area contributed by atoms with Crippen LogP contribution >= 0.6 is 0 Å². The zero-order valence-electron chi connectivity index (χ0n) is 16.9. The topological polar surface area (TPSA) is 109 Å². The van der Waals surface area contributed by atoms with Crippen molar-refractivity contribution >= 4 is 17.5 Å². The van der Waals surface area contributed by atoms with Gasteiger partial charge in [0.05, 0.1) is 5.69 Å². The molecular weight excluding hydrogens is 424 g/mol. The number of carbonyl (C=O) groups excluding carboxylic acids is 2. The van der Waals surface area contributed by atoms with Crippen LogP contribution in [0.25, 0.3) is 0 Å². The Hall–Kier alpha value is -4.02. The van der Waals surface area contributed by atoms with Crippen LogP contribution in [-0.4, -0.2) is 53.3 Å². The SMILES string of the molecule is CN1C(=O)C(NC(=O)c2n[nH]c(Cc3ccccc3)n2)COc2ccc(OC(F)F)cc21. The van der Waals surface area contributed by atoms with Crippen molar-refractivity contribution in [1.82, 2.24) is 20.5 Å². The van der Waals surface area contributed by atoms with Gasteiger partial charge < -0.3 is 19.7 Å². The van der Waals surface area contributed by atoms with Crippen LogP contribution in [0.2, 0.25) is 0 Å². The van der Waals surface area contributed by atoms with Gasteiger partial charge in [0, 0.05) is 19.5 Å². The minimum Gasteiger partial charge on any atom is -0.489 e. The standard InChI is InChI=1S/C21H19F2N5O4/c1-28-15-10-13(32-21(22)23)7-8-16(15)31-11-14(20(28)30)24-19(29)18-25-17(26-27-18)9-12-5-3-2-4-6-12/h2-8,10,14,21H,9,11H2,1H3,(H,24,29)(H,25,26,27). The lowest BCUT2D eigenvalue weighted by Crippen LogP contribution is -2.49. The summed E-state index contributed by atoms with van der Waals surface area (Å²) in [5.74, 6) is -0.574. The number of H-pyrrole nitrogens is 1. The molecule has 2 amide bonds. The first-order valence-corrected chi connectivity index (χ1v) is 9.66. The van der Waals surface area contributed by atoms with Gasteiger partial charge in [0.25, 0.3) is 11.8 Å². The molecule has 0 fully saturated rings. The summed E-state index contributed by atoms with van der Waals surface area (Å²) in [6.45, 7) is -3.15. The van der Waals surface area contributed by atoms with Crippen LogP contribution in [-0.2, 0) is 11.2 Å². The van der Waals surface area contributed by atoms with Gasteiger partial charge in [-0.15, -0.1) is 5.10 Å². The lowest BCUT2D eigenvalue weighted by Gasteiger charge is -2.20. The average Bonchev–Trinajstić information content (AvgIpc) is 3.21. The average molecular weight is 443 g/mol. The number of aromatic nitrogens is 3. The maximum Gasteiger partial charge on any atom is 0.387 e. The van der Waals surface area contributed by atoms with Gasteiger partial charge in [0.2, 0.25) is 5.82 Å². The van der Waals surface area contributed by atoms with Crippen molar-refractivity contribution in [3.05, 3.63) is 65.7 Å². The van der Waals surface area contributed by atoms with E-state index in [0.717, 1.165) is 5.56 Å². The molecule has 3 aromatic rings. The van der Waals surface area contributed by atoms with Gasteiger partial charge in [-0.3, -0.25) is 14.7 Å². The number of alkyl halides is 2. The van der Waals surface area contributed by atoms with Crippen molar-refractivity contribution in [3.8, 4) is 11.5 Å². The molecule has 0 spiro atoms. The molecule has 2 N–H and O–H groups in total. The largest absolute Gasteiger partial charge is 0.489 e. The Kier molecular flexibility index (Phi) is 5.97. The molecule has 0 saturated heterocycles. The molecule has 1 aliphatic rings. The van der Waals surface area contributed by atoms with E-state index in [2.05, 4.69) is 25.2 Å². The van der Waals surface area contributed by atoms with E-state index in [9.17, 15) is 18.4 Å². The van der Waals surface area contributed by atoms with E-state index >= 15 is 0 Å². The van der Waals surface area contributed by atoms with E-state index in [-0.39, 0.29) is 23.9 Å². The fourth-order valence-corrected chi connectivity index (χ4v) is 3.25. The number of nitrogens with one attached hydrogen (secondary N) is 2. The number of anilines is 1. The molecular formula is C21H19F2N5O4. The molecule has 32 heavy (non-hydrogen) atoms. The molecule has 0 bridgehead atoms. The summed E-state index contributed by atoms with van der Waals surface area (Å²) in [6, 6.07) is 12.5. The van der Waals surface area contributed by atoms with Gasteiger partial charge >= 0.3 is 6.61 Å². The monoisotopic (exact) mass is 443 g/mol. The van der Waals surface area contributed by atoms with E-state index in [1.54, 1.807) is 0 Å². The lowest BCUT2D eigenvalue weighted by atomic mass is 10.1. The molecule has 1 atom stereocenters. The van der Waals surface area contributed by atoms with Gasteiger partial charge in [-0.1, -0.05) is 30.3 Å². The van der Waals surface area contributed by atoms with Crippen molar-refractivity contribution < 1.29 is 27.8 Å². The molecule has 11 heteroatoms. The summed E-state index contributed by atoms with van der Waals surface area (Å²) in [5.41, 5.74) is 1.24. The highest BCUT2D eigenvalue weighted by Gasteiger charge is 2.32. The van der Waals surface area contributed by atoms with Crippen molar-refractivity contribution in [2.75, 3.05) is 18.6 Å². The van der Waals surface area contributed by atoms with Gasteiger partial charge in [0.15, 0.2) is 0 Å². The highest BCUT2D eigenvalue weighted by Crippen LogP contribution is 2.34. The third-order valence-electron chi connectivity index (χ3n) is 4.81. The Labute approximate surface area is 181 Å². The van der Waals surface area contributed by atoms with Crippen molar-refractivity contribution in [2.24, 2.45) is 0 Å². The first-order chi connectivity index (χ1) is 15.4. The fraction of sp³-hybridized carbons (Fsp3) is 0.238. The quantitative estimate of drug-likeness (QED) is 0.604. The molecule has 0 saturated carbocycles. The number of halogens is 2. The normalized spacial score (nSPS) is 15.7. The highest BCUT2D eigenvalue weighted by molar-refractivity contribution is 6.02. The number of likely N-dealkylation sites (N-methyl/N-ethyl adjacent to an activating group) is 1. The van der Waals surface area contributed by atoms with Gasteiger partial charge in [0.1, 0.15) is 30.0 Å². The smallest absolute Gasteiger partial charge is 0.387 e. The number of amides is 2. The van der Waals surface area contributed by atoms with Crippen LogP contribution in [0.1, 0.15) is 22.0 Å². The van der Waals surface area contributed by atoms with Crippen molar-refractivity contribution in [1.29, 1.82) is 0 Å². The van der Waals surface area contributed by atoms with E-state index < -0.39 is 24.5 Å². The molecule has 1 aromatic heterocycles. The van der Waals surface area contributed by atoms with Gasteiger partial charge in [-0.25, -0.2) is 4.98 Å². The predicted octanol–water partition coefficient (Wildman–Crippen LogP) is 2.15. The number of nitrogens with zero attached hydrogens (tertiary/aromatic N) is 3. The third kappa shape index (κ3) is 4.66. The number of ether oxygens (including phenoxy) is 2. The molecule has 4 rings (SSSR count). The Bertz CT molecular complexity index is 1120. The molecule has 166 valence electrons. The number of fused-ring (bicyclic) bond motifs is 1. The number of rotatable bonds is 6. The summed E-state index contributed by atoms with van der Waals surface area (Å²) >= 11 is 0. The first kappa shape index (κ1) is 21.2. The predicted molar refractivity (Wildman–Crippen MR) is 109 cm³/mol. The van der Waals surface area contributed by atoms with E-state index in [1.807, 2.05) is 30.3 Å². The second-order valence-electron chi connectivity index (χ2n) is 7.01. The Morgan fingerprint density at radius 2 is 2.09 bits per heavy atom. The number of benzene rings is 2. The van der Waals surface area contributed by atoms with Crippen LogP contribution in [0.3, 0.4) is 0 Å². The maximum absolute atomic E-state index is 12.8. The van der Waals surface area contributed by atoms with Crippen LogP contribution < -0.4 is 19.7 Å². The molecule has 9 nitrogen and oxygen atoms in total. The zero-order chi connectivity index (χ0) is 22.7. The molecule has 0 aliphatic carbocycles. The highest BCUT2D eigenvalue weighted by atomic mass is 19.3. The number of hydrogen-bond acceptors (Lipinski definition) is 6. The van der Waals surface area contributed by atoms with Crippen LogP contribution in [0, 0.1) is 0 Å². The fourth-order valence-electron chi connectivity index (χ4n) is 3.25. The third-order valence-corrected chi connectivity index (χ3v) is 4.81. The number of carbonyl (C=O) groups is 2. The summed E-state index contributed by atoms with van der Waals surface area (Å²) in [6.07, 6.45) is 0.466. The molecule has 1 unspecified atom stereocenters. The summed E-state index contributed by atoms with van der Waals surface area (Å²) in [4.78, 5) is 30.9. The maximum atomic E-state index is 12.8. The molecule has 2 aromatic carbocycles. The summed E-state index contributed by atoms with van der Waals surface area (Å²) in [7, 11) is 1.45. The van der Waals surface area contributed by atoms with Crippen LogP contribution in [0.5, 0.6) is 11.5 Å². The van der Waals surface area contributed by atoms with Gasteiger partial charge in [-0.2, -0.15) is 8.78 Å². The second-order valence-corrected chi connectivity index (χ2v) is 7.01. The number of aromatic amines is 1. The van der Waals surface area contributed by atoms with Crippen molar-refractivity contribution in [3.63, 3.8) is 0 Å².